The lowest BCUT2D eigenvalue weighted by molar-refractivity contribution is 0.0913. The largest absolute Gasteiger partial charge is 0.442 e. The third-order valence-electron chi connectivity index (χ3n) is 3.74. The van der Waals surface area contributed by atoms with Crippen LogP contribution in [0.25, 0.3) is 0 Å². The van der Waals surface area contributed by atoms with Crippen molar-refractivity contribution in [2.45, 2.75) is 25.4 Å². The number of aromatic nitrogens is 1. The zero-order valence-corrected chi connectivity index (χ0v) is 12.6. The Bertz CT molecular complexity index is 680. The molecule has 3 nitrogen and oxygen atoms in total. The molecule has 1 aromatic heterocycles. The smallest absolute Gasteiger partial charge is 0.235 e. The van der Waals surface area contributed by atoms with E-state index in [4.69, 9.17) is 4.42 Å². The highest BCUT2D eigenvalue weighted by atomic mass is 16.4. The van der Waals surface area contributed by atoms with Crippen molar-refractivity contribution in [1.82, 2.24) is 4.98 Å². The van der Waals surface area contributed by atoms with Crippen molar-refractivity contribution in [2.75, 3.05) is 0 Å². The van der Waals surface area contributed by atoms with Gasteiger partial charge in [-0.25, -0.2) is 4.98 Å². The molecule has 2 aromatic carbocycles. The van der Waals surface area contributed by atoms with E-state index < -0.39 is 5.60 Å². The van der Waals surface area contributed by atoms with Crippen LogP contribution in [0.5, 0.6) is 0 Å². The number of nitrogens with zero attached hydrogens (tertiary/aromatic N) is 1. The van der Waals surface area contributed by atoms with E-state index in [1.54, 1.807) is 6.20 Å². The number of oxazole rings is 1. The van der Waals surface area contributed by atoms with Crippen molar-refractivity contribution in [2.24, 2.45) is 0 Å². The quantitative estimate of drug-likeness (QED) is 0.775. The molecule has 22 heavy (non-hydrogen) atoms. The number of hydrogen-bond acceptors (Lipinski definition) is 3. The van der Waals surface area contributed by atoms with E-state index in [0.29, 0.717) is 5.89 Å². The number of hydrogen-bond donors (Lipinski definition) is 1. The molecule has 1 N–H and O–H groups in total. The summed E-state index contributed by atoms with van der Waals surface area (Å²) >= 11 is 0. The molecule has 0 saturated carbocycles. The van der Waals surface area contributed by atoms with Crippen molar-refractivity contribution in [1.29, 1.82) is 0 Å². The second-order valence-electron chi connectivity index (χ2n) is 5.32. The molecule has 112 valence electrons. The monoisotopic (exact) mass is 293 g/mol. The van der Waals surface area contributed by atoms with Gasteiger partial charge < -0.3 is 9.52 Å². The van der Waals surface area contributed by atoms with Crippen molar-refractivity contribution in [3.63, 3.8) is 0 Å². The summed E-state index contributed by atoms with van der Waals surface area (Å²) < 4.78 is 5.84. The first-order valence-corrected chi connectivity index (χ1v) is 7.53. The van der Waals surface area contributed by atoms with E-state index in [0.717, 1.165) is 29.7 Å². The molecule has 3 heteroatoms. The highest BCUT2D eigenvalue weighted by molar-refractivity contribution is 5.41. The molecular formula is C19H19NO2. The van der Waals surface area contributed by atoms with E-state index in [1.807, 2.05) is 60.7 Å². The highest BCUT2D eigenvalue weighted by Gasteiger charge is 2.38. The molecule has 0 radical (unpaired) electrons. The third kappa shape index (κ3) is 2.55. The molecule has 3 rings (SSSR count). The van der Waals surface area contributed by atoms with Crippen LogP contribution in [0.3, 0.4) is 0 Å². The number of aryl methyl sites for hydroxylation is 1. The third-order valence-corrected chi connectivity index (χ3v) is 3.74. The molecule has 0 aliphatic carbocycles. The topological polar surface area (TPSA) is 46.3 Å². The second kappa shape index (κ2) is 6.16. The van der Waals surface area contributed by atoms with Gasteiger partial charge in [0.25, 0.3) is 0 Å². The zero-order chi connectivity index (χ0) is 15.4. The van der Waals surface area contributed by atoms with Crippen molar-refractivity contribution in [3.8, 4) is 0 Å². The first-order valence-electron chi connectivity index (χ1n) is 7.53. The summed E-state index contributed by atoms with van der Waals surface area (Å²) in [6.45, 7) is 2.09. The molecule has 0 atom stereocenters. The Morgan fingerprint density at radius 2 is 1.50 bits per heavy atom. The summed E-state index contributed by atoms with van der Waals surface area (Å²) in [5.74, 6) is 1.11. The minimum Gasteiger partial charge on any atom is -0.442 e. The molecule has 0 unspecified atom stereocenters. The maximum atomic E-state index is 11.5. The molecular weight excluding hydrogens is 274 g/mol. The number of aliphatic hydroxyl groups is 1. The fourth-order valence-electron chi connectivity index (χ4n) is 2.61. The fraction of sp³-hybridized carbons (Fsp3) is 0.211. The Hall–Kier alpha value is -2.39. The summed E-state index contributed by atoms with van der Waals surface area (Å²) in [6, 6.07) is 19.0. The van der Waals surface area contributed by atoms with Gasteiger partial charge in [-0.3, -0.25) is 0 Å². The lowest BCUT2D eigenvalue weighted by Crippen LogP contribution is -2.29. The first-order chi connectivity index (χ1) is 10.7. The van der Waals surface area contributed by atoms with E-state index in [1.165, 1.54) is 0 Å². The number of benzene rings is 2. The lowest BCUT2D eigenvalue weighted by atomic mass is 9.86. The van der Waals surface area contributed by atoms with Crippen LogP contribution in [-0.4, -0.2) is 10.1 Å². The molecule has 0 fully saturated rings. The van der Waals surface area contributed by atoms with Crippen molar-refractivity contribution < 1.29 is 9.52 Å². The molecule has 3 aromatic rings. The molecule has 0 aliphatic rings. The highest BCUT2D eigenvalue weighted by Crippen LogP contribution is 2.36. The first kappa shape index (κ1) is 14.5. The van der Waals surface area contributed by atoms with Crippen LogP contribution < -0.4 is 0 Å². The predicted molar refractivity (Wildman–Crippen MR) is 85.5 cm³/mol. The van der Waals surface area contributed by atoms with Crippen molar-refractivity contribution in [3.05, 3.63) is 89.6 Å². The maximum absolute atomic E-state index is 11.5. The molecule has 0 spiro atoms. The minimum atomic E-state index is -1.38. The van der Waals surface area contributed by atoms with Gasteiger partial charge in [0, 0.05) is 6.42 Å². The number of rotatable bonds is 5. The van der Waals surface area contributed by atoms with Crippen molar-refractivity contribution >= 4 is 0 Å². The van der Waals surface area contributed by atoms with E-state index >= 15 is 0 Å². The van der Waals surface area contributed by atoms with Crippen LogP contribution in [-0.2, 0) is 12.0 Å². The van der Waals surface area contributed by atoms with Crippen LogP contribution in [0.4, 0.5) is 0 Å². The van der Waals surface area contributed by atoms with Gasteiger partial charge in [-0.15, -0.1) is 0 Å². The van der Waals surface area contributed by atoms with Gasteiger partial charge in [-0.1, -0.05) is 67.6 Å². The summed E-state index contributed by atoms with van der Waals surface area (Å²) in [4.78, 5) is 4.34. The zero-order valence-electron chi connectivity index (χ0n) is 12.6. The summed E-state index contributed by atoms with van der Waals surface area (Å²) in [5, 5.41) is 11.5. The lowest BCUT2D eigenvalue weighted by Gasteiger charge is -2.26. The summed E-state index contributed by atoms with van der Waals surface area (Å²) in [5.41, 5.74) is 0.103. The van der Waals surface area contributed by atoms with Gasteiger partial charge in [-0.2, -0.15) is 0 Å². The van der Waals surface area contributed by atoms with Gasteiger partial charge >= 0.3 is 0 Å². The molecule has 0 saturated heterocycles. The average molecular weight is 293 g/mol. The second-order valence-corrected chi connectivity index (χ2v) is 5.32. The molecule has 0 aliphatic heterocycles. The van der Waals surface area contributed by atoms with E-state index in [9.17, 15) is 5.11 Å². The Kier molecular flexibility index (Phi) is 4.07. The standard InChI is InChI=1S/C19H19NO2/c1-2-9-17-14-20-18(22-17)19(21,15-10-5-3-6-11-15)16-12-7-4-8-13-16/h3-8,10-14,21H,2,9H2,1H3. The van der Waals surface area contributed by atoms with Crippen LogP contribution in [0, 0.1) is 0 Å². The van der Waals surface area contributed by atoms with Gasteiger partial charge in [0.1, 0.15) is 5.76 Å². The molecule has 0 amide bonds. The Labute approximate surface area is 130 Å². The Balaban J connectivity index is 2.14. The van der Waals surface area contributed by atoms with E-state index in [-0.39, 0.29) is 0 Å². The van der Waals surface area contributed by atoms with Gasteiger partial charge in [-0.05, 0) is 17.5 Å². The van der Waals surface area contributed by atoms with Crippen LogP contribution in [0.2, 0.25) is 0 Å². The predicted octanol–water partition coefficient (Wildman–Crippen LogP) is 3.91. The normalized spacial score (nSPS) is 11.5. The SMILES string of the molecule is CCCc1cnc(C(O)(c2ccccc2)c2ccccc2)o1. The van der Waals surface area contributed by atoms with Crippen LogP contribution >= 0.6 is 0 Å². The minimum absolute atomic E-state index is 0.313. The summed E-state index contributed by atoms with van der Waals surface area (Å²) in [7, 11) is 0. The fourth-order valence-corrected chi connectivity index (χ4v) is 2.61. The van der Waals surface area contributed by atoms with Gasteiger partial charge in [0.15, 0.2) is 5.60 Å². The summed E-state index contributed by atoms with van der Waals surface area (Å²) in [6.07, 6.45) is 3.49. The van der Waals surface area contributed by atoms with Gasteiger partial charge in [0.2, 0.25) is 5.89 Å². The Morgan fingerprint density at radius 1 is 0.955 bits per heavy atom. The van der Waals surface area contributed by atoms with E-state index in [2.05, 4.69) is 11.9 Å². The maximum Gasteiger partial charge on any atom is 0.235 e. The van der Waals surface area contributed by atoms with Crippen LogP contribution in [0.15, 0.2) is 71.3 Å². The average Bonchev–Trinajstić information content (AvgIpc) is 3.05. The Morgan fingerprint density at radius 3 is 2.00 bits per heavy atom. The van der Waals surface area contributed by atoms with Gasteiger partial charge in [0.05, 0.1) is 6.20 Å². The van der Waals surface area contributed by atoms with Crippen LogP contribution in [0.1, 0.15) is 36.1 Å². The molecule has 1 heterocycles. The molecule has 0 bridgehead atoms.